The Balaban J connectivity index is 1.26. The summed E-state index contributed by atoms with van der Waals surface area (Å²) < 4.78 is 13.0. The molecule has 1 saturated heterocycles. The van der Waals surface area contributed by atoms with Crippen LogP contribution in [0.1, 0.15) is 46.2 Å². The van der Waals surface area contributed by atoms with Crippen LogP contribution >= 0.6 is 0 Å². The highest BCUT2D eigenvalue weighted by Crippen LogP contribution is 2.33. The molecule has 0 saturated carbocycles. The molecule has 1 fully saturated rings. The topological polar surface area (TPSA) is 73.7 Å². The van der Waals surface area contributed by atoms with Gasteiger partial charge in [0.05, 0.1) is 23.1 Å². The molecule has 0 unspecified atom stereocenters. The predicted molar refractivity (Wildman–Crippen MR) is 123 cm³/mol. The van der Waals surface area contributed by atoms with Crippen molar-refractivity contribution < 1.29 is 19.1 Å². The van der Waals surface area contributed by atoms with Crippen LogP contribution in [-0.4, -0.2) is 52.7 Å². The predicted octanol–water partition coefficient (Wildman–Crippen LogP) is 3.94. The molecule has 7 heteroatoms. The van der Waals surface area contributed by atoms with Crippen LogP contribution in [0.25, 0.3) is 5.69 Å². The van der Waals surface area contributed by atoms with Crippen LogP contribution in [0.15, 0.2) is 54.7 Å². The second-order valence-corrected chi connectivity index (χ2v) is 8.40. The largest absolute Gasteiger partial charge is 0.486 e. The maximum atomic E-state index is 13.3. The summed E-state index contributed by atoms with van der Waals surface area (Å²) in [5.74, 6) is 1.29. The average Bonchev–Trinajstić information content (AvgIpc) is 3.32. The third kappa shape index (κ3) is 4.11. The van der Waals surface area contributed by atoms with Gasteiger partial charge in [0.1, 0.15) is 13.2 Å². The van der Waals surface area contributed by atoms with E-state index < -0.39 is 0 Å². The highest BCUT2D eigenvalue weighted by molar-refractivity contribution is 5.99. The number of ketones is 1. The summed E-state index contributed by atoms with van der Waals surface area (Å²) in [4.78, 5) is 28.2. The Morgan fingerprint density at radius 3 is 2.45 bits per heavy atom. The first-order valence-electron chi connectivity index (χ1n) is 11.5. The van der Waals surface area contributed by atoms with Crippen molar-refractivity contribution >= 4 is 11.7 Å². The monoisotopic (exact) mass is 445 g/mol. The molecule has 1 aromatic heterocycles. The molecular weight excluding hydrogens is 418 g/mol. The number of piperidine rings is 1. The average molecular weight is 446 g/mol. The van der Waals surface area contributed by atoms with E-state index in [1.54, 1.807) is 24.4 Å². The maximum absolute atomic E-state index is 13.3. The van der Waals surface area contributed by atoms with E-state index in [-0.39, 0.29) is 17.6 Å². The molecular formula is C26H27N3O4. The van der Waals surface area contributed by atoms with Gasteiger partial charge in [0.2, 0.25) is 0 Å². The van der Waals surface area contributed by atoms with Gasteiger partial charge in [0.15, 0.2) is 17.3 Å². The van der Waals surface area contributed by atoms with E-state index >= 15 is 0 Å². The zero-order valence-corrected chi connectivity index (χ0v) is 18.7. The van der Waals surface area contributed by atoms with E-state index in [4.69, 9.17) is 9.47 Å². The number of hydrogen-bond acceptors (Lipinski definition) is 5. The maximum Gasteiger partial charge on any atom is 0.257 e. The molecule has 7 nitrogen and oxygen atoms in total. The Kier molecular flexibility index (Phi) is 5.86. The molecule has 3 aromatic rings. The fraction of sp³-hybridized carbons (Fsp3) is 0.346. The number of ether oxygens (including phenoxy) is 2. The highest BCUT2D eigenvalue weighted by atomic mass is 16.6. The number of amides is 1. The smallest absolute Gasteiger partial charge is 0.257 e. The summed E-state index contributed by atoms with van der Waals surface area (Å²) in [6.45, 7) is 4.16. The van der Waals surface area contributed by atoms with E-state index in [1.807, 2.05) is 46.8 Å². The number of carbonyl (C=O) groups excluding carboxylic acids is 2. The lowest BCUT2D eigenvalue weighted by Gasteiger charge is -2.31. The molecule has 0 radical (unpaired) electrons. The molecule has 33 heavy (non-hydrogen) atoms. The molecule has 0 N–H and O–H groups in total. The zero-order chi connectivity index (χ0) is 22.8. The Bertz CT molecular complexity index is 1160. The molecule has 0 atom stereocenters. The van der Waals surface area contributed by atoms with E-state index in [1.165, 1.54) is 0 Å². The molecule has 2 aromatic carbocycles. The minimum atomic E-state index is -0.103. The van der Waals surface area contributed by atoms with Crippen molar-refractivity contribution in [2.75, 3.05) is 26.3 Å². The lowest BCUT2D eigenvalue weighted by Crippen LogP contribution is -2.40. The van der Waals surface area contributed by atoms with E-state index in [2.05, 4.69) is 5.10 Å². The number of Topliss-reactive ketones (excluding diaryl/α,β-unsaturated/α-hetero) is 1. The molecule has 0 aliphatic carbocycles. The Morgan fingerprint density at radius 1 is 1.00 bits per heavy atom. The summed E-state index contributed by atoms with van der Waals surface area (Å²) in [7, 11) is 0. The third-order valence-electron chi connectivity index (χ3n) is 6.41. The Hall–Kier alpha value is -3.61. The van der Waals surface area contributed by atoms with Crippen molar-refractivity contribution in [1.82, 2.24) is 14.7 Å². The zero-order valence-electron chi connectivity index (χ0n) is 18.7. The summed E-state index contributed by atoms with van der Waals surface area (Å²) in [5, 5.41) is 4.48. The summed E-state index contributed by atoms with van der Waals surface area (Å²) in [6, 6.07) is 15.2. The van der Waals surface area contributed by atoms with Crippen molar-refractivity contribution in [1.29, 1.82) is 0 Å². The molecule has 2 aliphatic heterocycles. The summed E-state index contributed by atoms with van der Waals surface area (Å²) in [6.07, 6.45) is 3.66. The minimum absolute atomic E-state index is 0.0146. The number of fused-ring (bicyclic) bond motifs is 1. The van der Waals surface area contributed by atoms with Gasteiger partial charge in [-0.1, -0.05) is 25.1 Å². The number of benzene rings is 2. The van der Waals surface area contributed by atoms with Gasteiger partial charge in [-0.2, -0.15) is 5.10 Å². The van der Waals surface area contributed by atoms with Crippen LogP contribution < -0.4 is 9.47 Å². The van der Waals surface area contributed by atoms with Gasteiger partial charge >= 0.3 is 0 Å². The molecule has 0 spiro atoms. The van der Waals surface area contributed by atoms with E-state index in [0.29, 0.717) is 68.2 Å². The van der Waals surface area contributed by atoms with Crippen LogP contribution in [0.5, 0.6) is 11.5 Å². The van der Waals surface area contributed by atoms with Crippen LogP contribution in [-0.2, 0) is 6.42 Å². The van der Waals surface area contributed by atoms with Gasteiger partial charge in [-0.3, -0.25) is 9.59 Å². The second-order valence-electron chi connectivity index (χ2n) is 8.40. The van der Waals surface area contributed by atoms with Gasteiger partial charge in [-0.05, 0) is 49.6 Å². The highest BCUT2D eigenvalue weighted by Gasteiger charge is 2.30. The Labute approximate surface area is 192 Å². The molecule has 2 aliphatic rings. The normalized spacial score (nSPS) is 16.0. The molecule has 0 bridgehead atoms. The molecule has 1 amide bonds. The van der Waals surface area contributed by atoms with Gasteiger partial charge in [-0.25, -0.2) is 4.68 Å². The van der Waals surface area contributed by atoms with Crippen molar-refractivity contribution in [2.45, 2.75) is 26.2 Å². The fourth-order valence-electron chi connectivity index (χ4n) is 4.63. The first kappa shape index (κ1) is 21.2. The first-order valence-corrected chi connectivity index (χ1v) is 11.5. The number of hydrogen-bond donors (Lipinski definition) is 0. The molecule has 3 heterocycles. The fourth-order valence-corrected chi connectivity index (χ4v) is 4.63. The van der Waals surface area contributed by atoms with Gasteiger partial charge in [0.25, 0.3) is 5.91 Å². The second kappa shape index (κ2) is 9.10. The number of rotatable bonds is 5. The summed E-state index contributed by atoms with van der Waals surface area (Å²) >= 11 is 0. The Morgan fingerprint density at radius 2 is 1.73 bits per heavy atom. The van der Waals surface area contributed by atoms with Crippen LogP contribution in [0, 0.1) is 5.92 Å². The SMILES string of the molecule is CCc1c(C(=O)N2CCC(C(=O)c3ccc4c(c3)OCCO4)CC2)cnn1-c1ccccc1. The molecule has 170 valence electrons. The van der Waals surface area contributed by atoms with Crippen molar-refractivity contribution in [3.63, 3.8) is 0 Å². The lowest BCUT2D eigenvalue weighted by molar-refractivity contribution is 0.0649. The van der Waals surface area contributed by atoms with E-state index in [9.17, 15) is 9.59 Å². The quantitative estimate of drug-likeness (QED) is 0.556. The number of likely N-dealkylation sites (tertiary alicyclic amines) is 1. The summed E-state index contributed by atoms with van der Waals surface area (Å²) in [5.41, 5.74) is 3.12. The molecule has 5 rings (SSSR count). The first-order chi connectivity index (χ1) is 16.2. The van der Waals surface area contributed by atoms with Crippen molar-refractivity contribution in [3.8, 4) is 17.2 Å². The van der Waals surface area contributed by atoms with Crippen LogP contribution in [0.3, 0.4) is 0 Å². The lowest BCUT2D eigenvalue weighted by atomic mass is 9.88. The number of nitrogens with zero attached hydrogens (tertiary/aromatic N) is 3. The van der Waals surface area contributed by atoms with Crippen LogP contribution in [0.2, 0.25) is 0 Å². The van der Waals surface area contributed by atoms with Crippen molar-refractivity contribution in [3.05, 3.63) is 71.5 Å². The minimum Gasteiger partial charge on any atom is -0.486 e. The van der Waals surface area contributed by atoms with Gasteiger partial charge < -0.3 is 14.4 Å². The van der Waals surface area contributed by atoms with Crippen LogP contribution in [0.4, 0.5) is 0 Å². The van der Waals surface area contributed by atoms with E-state index in [0.717, 1.165) is 11.4 Å². The van der Waals surface area contributed by atoms with Crippen molar-refractivity contribution in [2.24, 2.45) is 5.92 Å². The number of aromatic nitrogens is 2. The number of para-hydroxylation sites is 1. The van der Waals surface area contributed by atoms with Gasteiger partial charge in [-0.15, -0.1) is 0 Å². The van der Waals surface area contributed by atoms with Gasteiger partial charge in [0, 0.05) is 24.6 Å². The third-order valence-corrected chi connectivity index (χ3v) is 6.41. The standard InChI is InChI=1S/C26H27N3O4/c1-2-22-21(17-27-29(22)20-6-4-3-5-7-20)26(31)28-12-10-18(11-13-28)25(30)19-8-9-23-24(16-19)33-15-14-32-23/h3-9,16-18H,2,10-15H2,1H3. The number of carbonyl (C=O) groups is 2.